The fraction of sp³-hybridized carbons (Fsp3) is 0.615. The number of ether oxygens (including phenoxy) is 1. The minimum atomic E-state index is -0.268. The normalized spacial score (nSPS) is 19.0. The van der Waals surface area contributed by atoms with Crippen LogP contribution in [0.3, 0.4) is 0 Å². The van der Waals surface area contributed by atoms with Gasteiger partial charge in [0.25, 0.3) is 0 Å². The molecular formula is C13H21N5O2. The van der Waals surface area contributed by atoms with Crippen LogP contribution in [0.1, 0.15) is 13.8 Å². The first-order valence-electron chi connectivity index (χ1n) is 6.79. The third-order valence-electron chi connectivity index (χ3n) is 3.07. The van der Waals surface area contributed by atoms with E-state index < -0.39 is 0 Å². The predicted molar refractivity (Wildman–Crippen MR) is 75.9 cm³/mol. The molecular weight excluding hydrogens is 258 g/mol. The minimum absolute atomic E-state index is 0.0258. The summed E-state index contributed by atoms with van der Waals surface area (Å²) in [4.78, 5) is 22.3. The summed E-state index contributed by atoms with van der Waals surface area (Å²) in [6.45, 7) is 6.03. The van der Waals surface area contributed by atoms with Gasteiger partial charge in [0.15, 0.2) is 0 Å². The minimum Gasteiger partial charge on any atom is -0.475 e. The SMILES string of the molecule is CNC(=O)C1CNCCN1c1cc(OC(C)C)ncn1. The van der Waals surface area contributed by atoms with E-state index in [-0.39, 0.29) is 18.1 Å². The average molecular weight is 279 g/mol. The molecule has 0 spiro atoms. The van der Waals surface area contributed by atoms with Crippen molar-refractivity contribution in [3.63, 3.8) is 0 Å². The van der Waals surface area contributed by atoms with Crippen molar-refractivity contribution in [2.75, 3.05) is 31.6 Å². The number of nitrogens with one attached hydrogen (secondary N) is 2. The third-order valence-corrected chi connectivity index (χ3v) is 3.07. The van der Waals surface area contributed by atoms with Crippen LogP contribution in [0, 0.1) is 0 Å². The Bertz CT molecular complexity index is 466. The Morgan fingerprint density at radius 3 is 3.05 bits per heavy atom. The highest BCUT2D eigenvalue weighted by Crippen LogP contribution is 2.20. The van der Waals surface area contributed by atoms with Gasteiger partial charge in [-0.3, -0.25) is 4.79 Å². The van der Waals surface area contributed by atoms with Crippen LogP contribution in [0.2, 0.25) is 0 Å². The van der Waals surface area contributed by atoms with Crippen LogP contribution in [0.25, 0.3) is 0 Å². The van der Waals surface area contributed by atoms with Crippen molar-refractivity contribution in [1.82, 2.24) is 20.6 Å². The molecule has 1 fully saturated rings. The average Bonchev–Trinajstić information content (AvgIpc) is 2.46. The molecule has 110 valence electrons. The fourth-order valence-electron chi connectivity index (χ4n) is 2.17. The van der Waals surface area contributed by atoms with Gasteiger partial charge in [0.05, 0.1) is 6.10 Å². The second-order valence-electron chi connectivity index (χ2n) is 4.91. The maximum Gasteiger partial charge on any atom is 0.243 e. The van der Waals surface area contributed by atoms with Crippen LogP contribution >= 0.6 is 0 Å². The van der Waals surface area contributed by atoms with Crippen molar-refractivity contribution >= 4 is 11.7 Å². The molecule has 0 bridgehead atoms. The van der Waals surface area contributed by atoms with E-state index >= 15 is 0 Å². The van der Waals surface area contributed by atoms with E-state index in [1.165, 1.54) is 6.33 Å². The van der Waals surface area contributed by atoms with Crippen molar-refractivity contribution in [3.05, 3.63) is 12.4 Å². The monoisotopic (exact) mass is 279 g/mol. The Morgan fingerprint density at radius 2 is 2.35 bits per heavy atom. The molecule has 1 aliphatic heterocycles. The number of anilines is 1. The zero-order valence-corrected chi connectivity index (χ0v) is 12.1. The molecule has 1 saturated heterocycles. The van der Waals surface area contributed by atoms with E-state index in [0.717, 1.165) is 13.1 Å². The summed E-state index contributed by atoms with van der Waals surface area (Å²) in [5, 5.41) is 5.91. The summed E-state index contributed by atoms with van der Waals surface area (Å²) in [7, 11) is 1.64. The second-order valence-corrected chi connectivity index (χ2v) is 4.91. The zero-order valence-electron chi connectivity index (χ0n) is 12.1. The number of carbonyl (C=O) groups is 1. The fourth-order valence-corrected chi connectivity index (χ4v) is 2.17. The van der Waals surface area contributed by atoms with Crippen LogP contribution < -0.4 is 20.3 Å². The Labute approximate surface area is 118 Å². The highest BCUT2D eigenvalue weighted by Gasteiger charge is 2.29. The topological polar surface area (TPSA) is 79.4 Å². The zero-order chi connectivity index (χ0) is 14.5. The number of amides is 1. The van der Waals surface area contributed by atoms with Gasteiger partial charge in [-0.1, -0.05) is 0 Å². The van der Waals surface area contributed by atoms with E-state index in [0.29, 0.717) is 18.2 Å². The molecule has 20 heavy (non-hydrogen) atoms. The van der Waals surface area contributed by atoms with Crippen molar-refractivity contribution in [2.24, 2.45) is 0 Å². The predicted octanol–water partition coefficient (Wildman–Crippen LogP) is -0.212. The van der Waals surface area contributed by atoms with Gasteiger partial charge >= 0.3 is 0 Å². The van der Waals surface area contributed by atoms with Crippen molar-refractivity contribution in [3.8, 4) is 5.88 Å². The lowest BCUT2D eigenvalue weighted by atomic mass is 10.1. The van der Waals surface area contributed by atoms with Gasteiger partial charge in [-0.2, -0.15) is 0 Å². The molecule has 0 aromatic carbocycles. The number of piperazine rings is 1. The van der Waals surface area contributed by atoms with E-state index in [4.69, 9.17) is 4.74 Å². The molecule has 1 aromatic rings. The van der Waals surface area contributed by atoms with Crippen molar-refractivity contribution in [1.29, 1.82) is 0 Å². The lowest BCUT2D eigenvalue weighted by Gasteiger charge is -2.35. The third kappa shape index (κ3) is 3.36. The highest BCUT2D eigenvalue weighted by molar-refractivity contribution is 5.85. The van der Waals surface area contributed by atoms with Crippen LogP contribution in [0.4, 0.5) is 5.82 Å². The quantitative estimate of drug-likeness (QED) is 0.794. The van der Waals surface area contributed by atoms with Gasteiger partial charge in [-0.05, 0) is 13.8 Å². The van der Waals surface area contributed by atoms with Crippen LogP contribution in [-0.4, -0.2) is 54.7 Å². The Balaban J connectivity index is 2.21. The number of hydrogen-bond acceptors (Lipinski definition) is 6. The Kier molecular flexibility index (Phi) is 4.73. The second kappa shape index (κ2) is 6.51. The number of nitrogens with zero attached hydrogens (tertiary/aromatic N) is 3. The van der Waals surface area contributed by atoms with E-state index in [1.54, 1.807) is 13.1 Å². The van der Waals surface area contributed by atoms with Crippen LogP contribution in [-0.2, 0) is 4.79 Å². The highest BCUT2D eigenvalue weighted by atomic mass is 16.5. The molecule has 0 saturated carbocycles. The first kappa shape index (κ1) is 14.5. The lowest BCUT2D eigenvalue weighted by molar-refractivity contribution is -0.122. The van der Waals surface area contributed by atoms with Gasteiger partial charge in [0.1, 0.15) is 18.2 Å². The molecule has 2 N–H and O–H groups in total. The van der Waals surface area contributed by atoms with Gasteiger partial charge in [-0.15, -0.1) is 0 Å². The maximum absolute atomic E-state index is 11.9. The van der Waals surface area contributed by atoms with E-state index in [2.05, 4.69) is 20.6 Å². The summed E-state index contributed by atoms with van der Waals surface area (Å²) in [6, 6.07) is 1.51. The molecule has 1 aromatic heterocycles. The molecule has 0 radical (unpaired) electrons. The molecule has 1 unspecified atom stereocenters. The molecule has 7 heteroatoms. The van der Waals surface area contributed by atoms with Gasteiger partial charge < -0.3 is 20.3 Å². The van der Waals surface area contributed by atoms with Crippen LogP contribution in [0.15, 0.2) is 12.4 Å². The number of rotatable bonds is 4. The van der Waals surface area contributed by atoms with E-state index in [9.17, 15) is 4.79 Å². The summed E-state index contributed by atoms with van der Waals surface area (Å²) >= 11 is 0. The first-order chi connectivity index (χ1) is 9.61. The molecule has 1 amide bonds. The summed E-state index contributed by atoms with van der Waals surface area (Å²) in [5.41, 5.74) is 0. The molecule has 2 rings (SSSR count). The van der Waals surface area contributed by atoms with Gasteiger partial charge in [0, 0.05) is 32.7 Å². The van der Waals surface area contributed by atoms with Gasteiger partial charge in [-0.25, -0.2) is 9.97 Å². The summed E-state index contributed by atoms with van der Waals surface area (Å²) < 4.78 is 5.57. The first-order valence-corrected chi connectivity index (χ1v) is 6.79. The number of likely N-dealkylation sites (N-methyl/N-ethyl adjacent to an activating group) is 1. The maximum atomic E-state index is 11.9. The van der Waals surface area contributed by atoms with E-state index in [1.807, 2.05) is 18.7 Å². The summed E-state index contributed by atoms with van der Waals surface area (Å²) in [5.74, 6) is 1.21. The van der Waals surface area contributed by atoms with Gasteiger partial charge in [0.2, 0.25) is 11.8 Å². The molecule has 7 nitrogen and oxygen atoms in total. The molecule has 0 aliphatic carbocycles. The Hall–Kier alpha value is -1.89. The number of aromatic nitrogens is 2. The van der Waals surface area contributed by atoms with Crippen molar-refractivity contribution in [2.45, 2.75) is 26.0 Å². The molecule has 1 atom stereocenters. The largest absolute Gasteiger partial charge is 0.475 e. The van der Waals surface area contributed by atoms with Crippen LogP contribution in [0.5, 0.6) is 5.88 Å². The summed E-state index contributed by atoms with van der Waals surface area (Å²) in [6.07, 6.45) is 1.52. The number of hydrogen-bond donors (Lipinski definition) is 2. The smallest absolute Gasteiger partial charge is 0.243 e. The molecule has 1 aliphatic rings. The Morgan fingerprint density at radius 1 is 1.55 bits per heavy atom. The standard InChI is InChI=1S/C13H21N5O2/c1-9(2)20-12-6-11(16-8-17-12)18-5-4-15-7-10(18)13(19)14-3/h6,8-10,15H,4-5,7H2,1-3H3,(H,14,19). The number of carbonyl (C=O) groups excluding carboxylic acids is 1. The van der Waals surface area contributed by atoms with Crippen molar-refractivity contribution < 1.29 is 9.53 Å². The molecule has 2 heterocycles. The lowest BCUT2D eigenvalue weighted by Crippen LogP contribution is -2.57.